The van der Waals surface area contributed by atoms with Crippen molar-refractivity contribution in [2.45, 2.75) is 26.4 Å². The molecule has 0 aliphatic carbocycles. The summed E-state index contributed by atoms with van der Waals surface area (Å²) < 4.78 is 1.80. The molecule has 1 unspecified atom stereocenters. The molecule has 2 aromatic heterocycles. The zero-order valence-electron chi connectivity index (χ0n) is 12.0. The van der Waals surface area contributed by atoms with E-state index < -0.39 is 6.10 Å². The highest BCUT2D eigenvalue weighted by Gasteiger charge is 2.12. The van der Waals surface area contributed by atoms with Crippen molar-refractivity contribution in [2.75, 3.05) is 6.54 Å². The number of pyridine rings is 1. The fourth-order valence-corrected chi connectivity index (χ4v) is 2.08. The average Bonchev–Trinajstić information content (AvgIpc) is 2.76. The molecule has 0 radical (unpaired) electrons. The zero-order valence-corrected chi connectivity index (χ0v) is 12.0. The van der Waals surface area contributed by atoms with E-state index in [1.54, 1.807) is 17.0 Å². The van der Waals surface area contributed by atoms with Crippen LogP contribution in [-0.4, -0.2) is 38.2 Å². The smallest absolute Gasteiger partial charge is 0.253 e. The first-order valence-electron chi connectivity index (χ1n) is 6.70. The second-order valence-corrected chi connectivity index (χ2v) is 5.42. The van der Waals surface area contributed by atoms with Crippen molar-refractivity contribution >= 4 is 17.1 Å². The summed E-state index contributed by atoms with van der Waals surface area (Å²) in [5.41, 5.74) is 1.87. The average molecular weight is 276 g/mol. The molecule has 0 aliphatic heterocycles. The molecule has 0 aliphatic rings. The SMILES string of the molecule is CC(C)CC(O)CNC(=O)c1cnc2c(c1)ncn2C. The van der Waals surface area contributed by atoms with E-state index in [9.17, 15) is 9.90 Å². The van der Waals surface area contributed by atoms with Crippen LogP contribution >= 0.6 is 0 Å². The summed E-state index contributed by atoms with van der Waals surface area (Å²) >= 11 is 0. The third kappa shape index (κ3) is 3.33. The van der Waals surface area contributed by atoms with Gasteiger partial charge in [0.15, 0.2) is 5.65 Å². The van der Waals surface area contributed by atoms with Crippen LogP contribution in [0.1, 0.15) is 30.6 Å². The van der Waals surface area contributed by atoms with Crippen LogP contribution in [0.5, 0.6) is 0 Å². The summed E-state index contributed by atoms with van der Waals surface area (Å²) in [6.07, 6.45) is 3.32. The molecule has 1 amide bonds. The summed E-state index contributed by atoms with van der Waals surface area (Å²) in [6, 6.07) is 1.70. The third-order valence-electron chi connectivity index (χ3n) is 3.06. The quantitative estimate of drug-likeness (QED) is 0.857. The Labute approximate surface area is 117 Å². The van der Waals surface area contributed by atoms with Gasteiger partial charge in [0, 0.05) is 19.8 Å². The Morgan fingerprint density at radius 1 is 1.45 bits per heavy atom. The van der Waals surface area contributed by atoms with Gasteiger partial charge in [-0.05, 0) is 18.4 Å². The van der Waals surface area contributed by atoms with E-state index in [0.717, 1.165) is 5.65 Å². The molecule has 2 rings (SSSR count). The van der Waals surface area contributed by atoms with E-state index in [1.165, 1.54) is 6.20 Å². The molecule has 0 saturated heterocycles. The standard InChI is InChI=1S/C14H20N4O2/c1-9(2)4-11(19)7-16-14(20)10-5-12-13(15-6-10)18(3)8-17-12/h5-6,8-9,11,19H,4,7H2,1-3H3,(H,16,20). The Bertz CT molecular complexity index is 606. The van der Waals surface area contributed by atoms with Crippen molar-refractivity contribution in [3.8, 4) is 0 Å². The van der Waals surface area contributed by atoms with E-state index in [4.69, 9.17) is 0 Å². The first kappa shape index (κ1) is 14.5. The maximum Gasteiger partial charge on any atom is 0.253 e. The molecule has 0 spiro atoms. The lowest BCUT2D eigenvalue weighted by Crippen LogP contribution is -2.32. The van der Waals surface area contributed by atoms with Crippen molar-refractivity contribution in [3.05, 3.63) is 24.2 Å². The van der Waals surface area contributed by atoms with Gasteiger partial charge in [-0.3, -0.25) is 4.79 Å². The monoisotopic (exact) mass is 276 g/mol. The highest BCUT2D eigenvalue weighted by atomic mass is 16.3. The number of nitrogens with zero attached hydrogens (tertiary/aromatic N) is 3. The Balaban J connectivity index is 2.00. The number of nitrogens with one attached hydrogen (secondary N) is 1. The predicted molar refractivity (Wildman–Crippen MR) is 76.3 cm³/mol. The predicted octanol–water partition coefficient (Wildman–Crippen LogP) is 1.11. The lowest BCUT2D eigenvalue weighted by Gasteiger charge is -2.13. The number of aliphatic hydroxyl groups excluding tert-OH is 1. The normalized spacial score (nSPS) is 12.8. The first-order valence-corrected chi connectivity index (χ1v) is 6.70. The van der Waals surface area contributed by atoms with E-state index in [2.05, 4.69) is 15.3 Å². The molecule has 6 nitrogen and oxygen atoms in total. The number of carbonyl (C=O) groups excluding carboxylic acids is 1. The number of hydrogen-bond acceptors (Lipinski definition) is 4. The summed E-state index contributed by atoms with van der Waals surface area (Å²) in [7, 11) is 1.85. The summed E-state index contributed by atoms with van der Waals surface area (Å²) in [6.45, 7) is 4.31. The van der Waals surface area contributed by atoms with Crippen molar-refractivity contribution in [2.24, 2.45) is 13.0 Å². The molecule has 2 heterocycles. The summed E-state index contributed by atoms with van der Waals surface area (Å²) in [5.74, 6) is 0.154. The van der Waals surface area contributed by atoms with Crippen molar-refractivity contribution in [3.63, 3.8) is 0 Å². The van der Waals surface area contributed by atoms with Crippen LogP contribution in [0.15, 0.2) is 18.6 Å². The summed E-state index contributed by atoms with van der Waals surface area (Å²) in [4.78, 5) is 20.4. The fraction of sp³-hybridized carbons (Fsp3) is 0.500. The van der Waals surface area contributed by atoms with Crippen LogP contribution in [-0.2, 0) is 7.05 Å². The maximum atomic E-state index is 12.0. The van der Waals surface area contributed by atoms with Gasteiger partial charge in [0.25, 0.3) is 5.91 Å². The van der Waals surface area contributed by atoms with Crippen LogP contribution in [0.25, 0.3) is 11.2 Å². The maximum absolute atomic E-state index is 12.0. The van der Waals surface area contributed by atoms with E-state index in [-0.39, 0.29) is 12.5 Å². The van der Waals surface area contributed by atoms with Gasteiger partial charge in [-0.2, -0.15) is 0 Å². The minimum Gasteiger partial charge on any atom is -0.391 e. The van der Waals surface area contributed by atoms with Gasteiger partial charge in [0.05, 0.1) is 18.0 Å². The van der Waals surface area contributed by atoms with Crippen LogP contribution in [0.3, 0.4) is 0 Å². The van der Waals surface area contributed by atoms with Crippen LogP contribution in [0.4, 0.5) is 0 Å². The number of carbonyl (C=O) groups is 1. The number of aryl methyl sites for hydroxylation is 1. The lowest BCUT2D eigenvalue weighted by molar-refractivity contribution is 0.0900. The fourth-order valence-electron chi connectivity index (χ4n) is 2.08. The zero-order chi connectivity index (χ0) is 14.7. The lowest BCUT2D eigenvalue weighted by atomic mass is 10.1. The molecule has 20 heavy (non-hydrogen) atoms. The Morgan fingerprint density at radius 3 is 2.90 bits per heavy atom. The van der Waals surface area contributed by atoms with Crippen LogP contribution in [0.2, 0.25) is 0 Å². The second kappa shape index (κ2) is 6.00. The van der Waals surface area contributed by atoms with Gasteiger partial charge in [0.2, 0.25) is 0 Å². The van der Waals surface area contributed by atoms with Gasteiger partial charge in [-0.25, -0.2) is 9.97 Å². The van der Waals surface area contributed by atoms with E-state index in [1.807, 2.05) is 20.9 Å². The number of aliphatic hydroxyl groups is 1. The van der Waals surface area contributed by atoms with Gasteiger partial charge in [-0.15, -0.1) is 0 Å². The molecule has 2 N–H and O–H groups in total. The molecule has 6 heteroatoms. The molecule has 0 saturated carbocycles. The van der Waals surface area contributed by atoms with Gasteiger partial charge in [0.1, 0.15) is 5.52 Å². The Morgan fingerprint density at radius 2 is 2.20 bits per heavy atom. The Kier molecular flexibility index (Phi) is 4.34. The van der Waals surface area contributed by atoms with Crippen LogP contribution in [0, 0.1) is 5.92 Å². The summed E-state index contributed by atoms with van der Waals surface area (Å²) in [5, 5.41) is 12.5. The second-order valence-electron chi connectivity index (χ2n) is 5.42. The largest absolute Gasteiger partial charge is 0.391 e. The molecular formula is C14H20N4O2. The van der Waals surface area contributed by atoms with Crippen molar-refractivity contribution in [1.29, 1.82) is 0 Å². The van der Waals surface area contributed by atoms with Crippen molar-refractivity contribution < 1.29 is 9.90 Å². The molecule has 0 fully saturated rings. The highest BCUT2D eigenvalue weighted by Crippen LogP contribution is 2.10. The molecule has 108 valence electrons. The van der Waals surface area contributed by atoms with Crippen molar-refractivity contribution in [1.82, 2.24) is 19.9 Å². The number of amides is 1. The van der Waals surface area contributed by atoms with E-state index in [0.29, 0.717) is 23.4 Å². The third-order valence-corrected chi connectivity index (χ3v) is 3.06. The molecular weight excluding hydrogens is 256 g/mol. The first-order chi connectivity index (χ1) is 9.47. The molecule has 1 atom stereocenters. The topological polar surface area (TPSA) is 80.0 Å². The molecule has 0 bridgehead atoms. The van der Waals surface area contributed by atoms with E-state index >= 15 is 0 Å². The number of rotatable bonds is 5. The Hall–Kier alpha value is -1.95. The number of hydrogen-bond donors (Lipinski definition) is 2. The van der Waals surface area contributed by atoms with Gasteiger partial charge < -0.3 is 15.0 Å². The van der Waals surface area contributed by atoms with Gasteiger partial charge >= 0.3 is 0 Å². The minimum atomic E-state index is -0.523. The molecule has 0 aromatic carbocycles. The number of aromatic nitrogens is 3. The number of fused-ring (bicyclic) bond motifs is 1. The van der Waals surface area contributed by atoms with Gasteiger partial charge in [-0.1, -0.05) is 13.8 Å². The highest BCUT2D eigenvalue weighted by molar-refractivity contribution is 5.96. The molecule has 2 aromatic rings. The minimum absolute atomic E-state index is 0.243. The number of imidazole rings is 1. The van der Waals surface area contributed by atoms with Crippen LogP contribution < -0.4 is 5.32 Å².